The molecule has 0 spiro atoms. The van der Waals surface area contributed by atoms with Crippen LogP contribution in [0.4, 0.5) is 11.4 Å². The van der Waals surface area contributed by atoms with Crippen molar-refractivity contribution in [2.24, 2.45) is 5.92 Å². The molecule has 2 aromatic rings. The number of benzene rings is 2. The minimum absolute atomic E-state index is 0.0921. The Morgan fingerprint density at radius 2 is 1.44 bits per heavy atom. The second kappa shape index (κ2) is 9.67. The zero-order chi connectivity index (χ0) is 23.4. The fourth-order valence-corrected chi connectivity index (χ4v) is 3.71. The minimum Gasteiger partial charge on any atom is -0.493 e. The van der Waals surface area contributed by atoms with Gasteiger partial charge in [0, 0.05) is 36.9 Å². The summed E-state index contributed by atoms with van der Waals surface area (Å²) in [6.07, 6.45) is 0.0921. The molecule has 2 amide bonds. The maximum absolute atomic E-state index is 13.0. The molecule has 9 heteroatoms. The molecule has 1 aliphatic heterocycles. The number of hydrogen-bond acceptors (Lipinski definition) is 7. The molecule has 0 radical (unpaired) electrons. The van der Waals surface area contributed by atoms with Gasteiger partial charge in [-0.15, -0.1) is 0 Å². The molecule has 2 aromatic carbocycles. The van der Waals surface area contributed by atoms with Gasteiger partial charge in [-0.3, -0.25) is 9.59 Å². The summed E-state index contributed by atoms with van der Waals surface area (Å²) in [5.41, 5.74) is 2.00. The van der Waals surface area contributed by atoms with Crippen molar-refractivity contribution < 1.29 is 33.3 Å². The first kappa shape index (κ1) is 23.1. The lowest BCUT2D eigenvalue weighted by molar-refractivity contribution is -0.122. The first-order chi connectivity index (χ1) is 15.4. The number of methoxy groups -OCH3 is 5. The van der Waals surface area contributed by atoms with Crippen LogP contribution >= 0.6 is 0 Å². The van der Waals surface area contributed by atoms with Crippen LogP contribution in [0.1, 0.15) is 12.0 Å². The van der Waals surface area contributed by atoms with Crippen molar-refractivity contribution >= 4 is 23.2 Å². The van der Waals surface area contributed by atoms with E-state index in [1.807, 2.05) is 6.92 Å². The van der Waals surface area contributed by atoms with E-state index in [2.05, 4.69) is 5.32 Å². The van der Waals surface area contributed by atoms with Crippen LogP contribution in [0.2, 0.25) is 0 Å². The van der Waals surface area contributed by atoms with Crippen LogP contribution in [0.25, 0.3) is 0 Å². The number of aryl methyl sites for hydroxylation is 1. The van der Waals surface area contributed by atoms with Crippen molar-refractivity contribution in [1.82, 2.24) is 0 Å². The highest BCUT2D eigenvalue weighted by atomic mass is 16.5. The van der Waals surface area contributed by atoms with Gasteiger partial charge < -0.3 is 33.9 Å². The van der Waals surface area contributed by atoms with Crippen LogP contribution in [0.3, 0.4) is 0 Å². The lowest BCUT2D eigenvalue weighted by Crippen LogP contribution is -2.28. The molecule has 1 saturated heterocycles. The van der Waals surface area contributed by atoms with E-state index in [-0.39, 0.29) is 24.8 Å². The predicted octanol–water partition coefficient (Wildman–Crippen LogP) is 3.03. The summed E-state index contributed by atoms with van der Waals surface area (Å²) in [6.45, 7) is 2.09. The largest absolute Gasteiger partial charge is 0.493 e. The number of anilines is 2. The van der Waals surface area contributed by atoms with Crippen LogP contribution < -0.4 is 33.9 Å². The van der Waals surface area contributed by atoms with Crippen LogP contribution in [0.5, 0.6) is 28.7 Å². The van der Waals surface area contributed by atoms with Crippen LogP contribution in [-0.2, 0) is 9.59 Å². The monoisotopic (exact) mass is 444 g/mol. The fraction of sp³-hybridized carbons (Fsp3) is 0.391. The lowest BCUT2D eigenvalue weighted by Gasteiger charge is -2.20. The molecule has 1 atom stereocenters. The van der Waals surface area contributed by atoms with E-state index in [0.29, 0.717) is 40.1 Å². The summed E-state index contributed by atoms with van der Waals surface area (Å²) in [5.74, 6) is 1.46. The Morgan fingerprint density at radius 3 is 1.97 bits per heavy atom. The van der Waals surface area contributed by atoms with Gasteiger partial charge in [0.05, 0.1) is 47.2 Å². The van der Waals surface area contributed by atoms with Crippen molar-refractivity contribution in [3.05, 3.63) is 29.8 Å². The van der Waals surface area contributed by atoms with Crippen molar-refractivity contribution in [2.45, 2.75) is 13.3 Å². The van der Waals surface area contributed by atoms with E-state index in [9.17, 15) is 9.59 Å². The molecule has 0 aromatic heterocycles. The van der Waals surface area contributed by atoms with E-state index in [1.165, 1.54) is 28.4 Å². The Hall–Kier alpha value is -3.62. The molecule has 0 saturated carbocycles. The Bertz CT molecular complexity index is 997. The summed E-state index contributed by atoms with van der Waals surface area (Å²) >= 11 is 0. The highest BCUT2D eigenvalue weighted by Crippen LogP contribution is 2.42. The van der Waals surface area contributed by atoms with Crippen molar-refractivity contribution in [3.63, 3.8) is 0 Å². The molecule has 0 aliphatic carbocycles. The van der Waals surface area contributed by atoms with Gasteiger partial charge in [-0.25, -0.2) is 0 Å². The predicted molar refractivity (Wildman–Crippen MR) is 119 cm³/mol. The highest BCUT2D eigenvalue weighted by molar-refractivity contribution is 6.04. The van der Waals surface area contributed by atoms with E-state index in [1.54, 1.807) is 36.3 Å². The van der Waals surface area contributed by atoms with E-state index < -0.39 is 5.92 Å². The number of ether oxygens (including phenoxy) is 5. The Balaban J connectivity index is 1.81. The third-order valence-electron chi connectivity index (χ3n) is 5.45. The number of amides is 2. The zero-order valence-corrected chi connectivity index (χ0v) is 19.1. The van der Waals surface area contributed by atoms with E-state index >= 15 is 0 Å². The summed E-state index contributed by atoms with van der Waals surface area (Å²) in [5, 5.41) is 2.91. The third kappa shape index (κ3) is 4.37. The summed E-state index contributed by atoms with van der Waals surface area (Å²) in [4.78, 5) is 27.3. The average molecular weight is 444 g/mol. The molecule has 172 valence electrons. The quantitative estimate of drug-likeness (QED) is 0.669. The van der Waals surface area contributed by atoms with E-state index in [4.69, 9.17) is 23.7 Å². The van der Waals surface area contributed by atoms with Gasteiger partial charge in [0.2, 0.25) is 17.6 Å². The summed E-state index contributed by atoms with van der Waals surface area (Å²) in [7, 11) is 7.61. The topological polar surface area (TPSA) is 95.6 Å². The number of nitrogens with one attached hydrogen (secondary N) is 1. The number of rotatable bonds is 8. The molecule has 32 heavy (non-hydrogen) atoms. The second-order valence-corrected chi connectivity index (χ2v) is 7.30. The molecule has 3 rings (SSSR count). The maximum atomic E-state index is 13.0. The molecule has 1 heterocycles. The Labute approximate surface area is 187 Å². The molecular weight excluding hydrogens is 416 g/mol. The standard InChI is InChI=1S/C23H28N2O7/c1-13-7-17(28-2)18(29-3)11-16(13)24-23(27)14-8-21(26)25(12-14)15-9-19(30-4)22(32-6)20(10-15)31-5/h7,9-11,14H,8,12H2,1-6H3,(H,24,27). The first-order valence-electron chi connectivity index (χ1n) is 10.0. The second-order valence-electron chi connectivity index (χ2n) is 7.30. The molecule has 1 fully saturated rings. The molecule has 1 unspecified atom stereocenters. The molecule has 1 aliphatic rings. The zero-order valence-electron chi connectivity index (χ0n) is 19.1. The number of carbonyl (C=O) groups excluding carboxylic acids is 2. The van der Waals surface area contributed by atoms with Gasteiger partial charge in [0.1, 0.15) is 0 Å². The summed E-state index contributed by atoms with van der Waals surface area (Å²) in [6, 6.07) is 6.88. The fourth-order valence-electron chi connectivity index (χ4n) is 3.71. The average Bonchev–Trinajstić information content (AvgIpc) is 3.20. The van der Waals surface area contributed by atoms with Gasteiger partial charge >= 0.3 is 0 Å². The number of carbonyl (C=O) groups is 2. The van der Waals surface area contributed by atoms with Gasteiger partial charge in [0.25, 0.3) is 0 Å². The summed E-state index contributed by atoms with van der Waals surface area (Å²) < 4.78 is 26.7. The molecule has 0 bridgehead atoms. The third-order valence-corrected chi connectivity index (χ3v) is 5.45. The van der Waals surface area contributed by atoms with Crippen LogP contribution in [0, 0.1) is 12.8 Å². The molecule has 9 nitrogen and oxygen atoms in total. The first-order valence-corrected chi connectivity index (χ1v) is 10.0. The van der Waals surface area contributed by atoms with Gasteiger partial charge in [0.15, 0.2) is 23.0 Å². The maximum Gasteiger partial charge on any atom is 0.229 e. The van der Waals surface area contributed by atoms with Crippen molar-refractivity contribution in [2.75, 3.05) is 52.3 Å². The minimum atomic E-state index is -0.519. The Morgan fingerprint density at radius 1 is 0.875 bits per heavy atom. The molecular formula is C23H28N2O7. The van der Waals surface area contributed by atoms with Gasteiger partial charge in [-0.2, -0.15) is 0 Å². The smallest absolute Gasteiger partial charge is 0.229 e. The SMILES string of the molecule is COc1cc(C)c(NC(=O)C2CC(=O)N(c3cc(OC)c(OC)c(OC)c3)C2)cc1OC. The lowest BCUT2D eigenvalue weighted by atomic mass is 10.1. The number of nitrogens with zero attached hydrogens (tertiary/aromatic N) is 1. The van der Waals surface area contributed by atoms with Crippen LogP contribution in [-0.4, -0.2) is 53.9 Å². The van der Waals surface area contributed by atoms with Crippen LogP contribution in [0.15, 0.2) is 24.3 Å². The Kier molecular flexibility index (Phi) is 6.97. The molecule has 1 N–H and O–H groups in total. The number of hydrogen-bond donors (Lipinski definition) is 1. The van der Waals surface area contributed by atoms with Gasteiger partial charge in [-0.1, -0.05) is 0 Å². The highest BCUT2D eigenvalue weighted by Gasteiger charge is 2.36. The van der Waals surface area contributed by atoms with Gasteiger partial charge in [-0.05, 0) is 18.6 Å². The van der Waals surface area contributed by atoms with Crippen molar-refractivity contribution in [3.8, 4) is 28.7 Å². The van der Waals surface area contributed by atoms with Crippen molar-refractivity contribution in [1.29, 1.82) is 0 Å². The normalized spacial score (nSPS) is 15.4. The van der Waals surface area contributed by atoms with E-state index in [0.717, 1.165) is 5.56 Å².